The molecule has 0 unspecified atom stereocenters. The zero-order valence-electron chi connectivity index (χ0n) is 19.2. The number of carbonyl (C=O) groups is 2. The molecule has 0 aliphatic heterocycles. The molecule has 4 aromatic rings. The molecule has 0 saturated heterocycles. The molecule has 0 atom stereocenters. The fourth-order valence-corrected chi connectivity index (χ4v) is 3.53. The lowest BCUT2D eigenvalue weighted by molar-refractivity contribution is 0.102. The first kappa shape index (κ1) is 23.8. The minimum Gasteiger partial charge on any atom is -0.355 e. The number of benzene rings is 2. The lowest BCUT2D eigenvalue weighted by Crippen LogP contribution is -2.19. The third-order valence-corrected chi connectivity index (χ3v) is 5.46. The van der Waals surface area contributed by atoms with Gasteiger partial charge in [-0.3, -0.25) is 9.59 Å². The first-order valence-corrected chi connectivity index (χ1v) is 11.2. The molecule has 176 valence electrons. The van der Waals surface area contributed by atoms with Crippen LogP contribution < -0.4 is 15.5 Å². The Morgan fingerprint density at radius 3 is 2.43 bits per heavy atom. The molecule has 2 aromatic heterocycles. The Labute approximate surface area is 208 Å². The number of nitrogens with one attached hydrogen (secondary N) is 2. The van der Waals surface area contributed by atoms with Crippen molar-refractivity contribution in [3.8, 4) is 0 Å². The van der Waals surface area contributed by atoms with Crippen LogP contribution in [0.2, 0.25) is 5.02 Å². The number of hydrogen-bond donors (Lipinski definition) is 2. The third-order valence-electron chi connectivity index (χ3n) is 5.22. The fraction of sp³-hybridized carbons (Fsp3) is 0.115. The standard InChI is InChI=1S/C26H23ClN6O2/c1-17-3-10-23(29-14-17)32-26(35)21-13-20(27)8-9-22(21)31-25(34)19-6-4-18(5-7-19)15-33(2)24-11-12-28-16-30-24/h3-14,16H,15H2,1-2H3,(H,31,34)(H,29,32,35). The van der Waals surface area contributed by atoms with Crippen molar-refractivity contribution in [2.24, 2.45) is 0 Å². The number of amides is 2. The van der Waals surface area contributed by atoms with Crippen molar-refractivity contribution in [2.45, 2.75) is 13.5 Å². The largest absolute Gasteiger partial charge is 0.355 e. The Morgan fingerprint density at radius 1 is 0.943 bits per heavy atom. The molecule has 0 aliphatic carbocycles. The number of anilines is 3. The Balaban J connectivity index is 1.45. The number of hydrogen-bond acceptors (Lipinski definition) is 6. The lowest BCUT2D eigenvalue weighted by atomic mass is 10.1. The van der Waals surface area contributed by atoms with Crippen LogP contribution in [-0.4, -0.2) is 33.8 Å². The maximum Gasteiger partial charge on any atom is 0.258 e. The molecule has 35 heavy (non-hydrogen) atoms. The van der Waals surface area contributed by atoms with Crippen LogP contribution in [0.1, 0.15) is 31.8 Å². The molecule has 0 aliphatic rings. The summed E-state index contributed by atoms with van der Waals surface area (Å²) in [7, 11) is 1.93. The second kappa shape index (κ2) is 10.8. The number of rotatable bonds is 7. The quantitative estimate of drug-likeness (QED) is 0.382. The van der Waals surface area contributed by atoms with E-state index in [4.69, 9.17) is 11.6 Å². The van der Waals surface area contributed by atoms with Gasteiger partial charge in [0.05, 0.1) is 11.3 Å². The van der Waals surface area contributed by atoms with E-state index in [1.54, 1.807) is 42.7 Å². The summed E-state index contributed by atoms with van der Waals surface area (Å²) in [6, 6.07) is 17.3. The summed E-state index contributed by atoms with van der Waals surface area (Å²) >= 11 is 6.12. The summed E-state index contributed by atoms with van der Waals surface area (Å²) < 4.78 is 0. The molecule has 4 rings (SSSR count). The molecule has 2 amide bonds. The van der Waals surface area contributed by atoms with E-state index in [-0.39, 0.29) is 11.5 Å². The molecule has 8 nitrogen and oxygen atoms in total. The Morgan fingerprint density at radius 2 is 1.74 bits per heavy atom. The number of nitrogens with zero attached hydrogens (tertiary/aromatic N) is 4. The highest BCUT2D eigenvalue weighted by atomic mass is 35.5. The monoisotopic (exact) mass is 486 g/mol. The lowest BCUT2D eigenvalue weighted by Gasteiger charge is -2.18. The molecule has 0 spiro atoms. The molecule has 2 heterocycles. The molecule has 2 aromatic carbocycles. The van der Waals surface area contributed by atoms with Gasteiger partial charge < -0.3 is 15.5 Å². The minimum atomic E-state index is -0.428. The van der Waals surface area contributed by atoms with Gasteiger partial charge in [0, 0.05) is 36.6 Å². The van der Waals surface area contributed by atoms with Gasteiger partial charge >= 0.3 is 0 Å². The highest BCUT2D eigenvalue weighted by Crippen LogP contribution is 2.23. The predicted molar refractivity (Wildman–Crippen MR) is 137 cm³/mol. The molecule has 0 bridgehead atoms. The van der Waals surface area contributed by atoms with E-state index >= 15 is 0 Å². The molecule has 2 N–H and O–H groups in total. The summed E-state index contributed by atoms with van der Waals surface area (Å²) in [5, 5.41) is 5.92. The van der Waals surface area contributed by atoms with Gasteiger partial charge in [0.2, 0.25) is 0 Å². The van der Waals surface area contributed by atoms with Crippen LogP contribution in [0.4, 0.5) is 17.3 Å². The number of aromatic nitrogens is 3. The van der Waals surface area contributed by atoms with E-state index in [2.05, 4.69) is 25.6 Å². The van der Waals surface area contributed by atoms with Crippen LogP contribution >= 0.6 is 11.6 Å². The van der Waals surface area contributed by atoms with Gasteiger partial charge in [-0.1, -0.05) is 29.8 Å². The van der Waals surface area contributed by atoms with Crippen LogP contribution in [0.15, 0.2) is 79.4 Å². The summed E-state index contributed by atoms with van der Waals surface area (Å²) in [5.74, 6) is 0.435. The number of halogens is 1. The van der Waals surface area contributed by atoms with Gasteiger partial charge in [-0.15, -0.1) is 0 Å². The van der Waals surface area contributed by atoms with Gasteiger partial charge in [-0.05, 0) is 60.5 Å². The third kappa shape index (κ3) is 6.18. The number of pyridine rings is 1. The zero-order chi connectivity index (χ0) is 24.8. The van der Waals surface area contributed by atoms with Gasteiger partial charge in [0.15, 0.2) is 0 Å². The Hall–Kier alpha value is -4.30. The van der Waals surface area contributed by atoms with Crippen molar-refractivity contribution >= 4 is 40.7 Å². The smallest absolute Gasteiger partial charge is 0.258 e. The zero-order valence-corrected chi connectivity index (χ0v) is 20.0. The van der Waals surface area contributed by atoms with Crippen molar-refractivity contribution in [2.75, 3.05) is 22.6 Å². The van der Waals surface area contributed by atoms with Gasteiger partial charge in [0.1, 0.15) is 18.0 Å². The van der Waals surface area contributed by atoms with Crippen LogP contribution in [-0.2, 0) is 6.54 Å². The van der Waals surface area contributed by atoms with Crippen molar-refractivity contribution in [3.05, 3.63) is 107 Å². The van der Waals surface area contributed by atoms with Crippen LogP contribution in [0, 0.1) is 6.92 Å². The summed E-state index contributed by atoms with van der Waals surface area (Å²) in [5.41, 5.74) is 3.03. The Bertz CT molecular complexity index is 1330. The second-order valence-corrected chi connectivity index (χ2v) is 8.38. The first-order valence-electron chi connectivity index (χ1n) is 10.8. The highest BCUT2D eigenvalue weighted by Gasteiger charge is 2.16. The topological polar surface area (TPSA) is 100 Å². The molecular weight excluding hydrogens is 464 g/mol. The van der Waals surface area contributed by atoms with Gasteiger partial charge in [-0.2, -0.15) is 0 Å². The van der Waals surface area contributed by atoms with E-state index in [0.29, 0.717) is 28.6 Å². The first-order chi connectivity index (χ1) is 16.9. The SMILES string of the molecule is Cc1ccc(NC(=O)c2cc(Cl)ccc2NC(=O)c2ccc(CN(C)c3ccncn3)cc2)nc1. The van der Waals surface area contributed by atoms with Gasteiger partial charge in [0.25, 0.3) is 11.8 Å². The Kier molecular flexibility index (Phi) is 7.32. The van der Waals surface area contributed by atoms with Crippen LogP contribution in [0.5, 0.6) is 0 Å². The predicted octanol–water partition coefficient (Wildman–Crippen LogP) is 4.97. The van der Waals surface area contributed by atoms with E-state index in [9.17, 15) is 9.59 Å². The van der Waals surface area contributed by atoms with Crippen LogP contribution in [0.3, 0.4) is 0 Å². The average Bonchev–Trinajstić information content (AvgIpc) is 2.87. The van der Waals surface area contributed by atoms with Gasteiger partial charge in [-0.25, -0.2) is 15.0 Å². The maximum atomic E-state index is 12.9. The number of carbonyl (C=O) groups excluding carboxylic acids is 2. The van der Waals surface area contributed by atoms with E-state index in [1.165, 1.54) is 12.4 Å². The molecule has 9 heteroatoms. The molecule has 0 fully saturated rings. The van der Waals surface area contributed by atoms with E-state index in [0.717, 1.165) is 16.9 Å². The van der Waals surface area contributed by atoms with E-state index in [1.807, 2.05) is 43.1 Å². The average molecular weight is 487 g/mol. The molecule has 0 saturated carbocycles. The second-order valence-electron chi connectivity index (χ2n) is 7.94. The summed E-state index contributed by atoms with van der Waals surface area (Å²) in [6.07, 6.45) is 4.85. The summed E-state index contributed by atoms with van der Waals surface area (Å²) in [4.78, 5) is 40.1. The van der Waals surface area contributed by atoms with Crippen molar-refractivity contribution in [3.63, 3.8) is 0 Å². The van der Waals surface area contributed by atoms with Crippen LogP contribution in [0.25, 0.3) is 0 Å². The maximum absolute atomic E-state index is 12.9. The normalized spacial score (nSPS) is 10.5. The molecule has 0 radical (unpaired) electrons. The highest BCUT2D eigenvalue weighted by molar-refractivity contribution is 6.31. The fourth-order valence-electron chi connectivity index (χ4n) is 3.36. The van der Waals surface area contributed by atoms with E-state index < -0.39 is 5.91 Å². The van der Waals surface area contributed by atoms with Crippen molar-refractivity contribution < 1.29 is 9.59 Å². The number of aryl methyl sites for hydroxylation is 1. The minimum absolute atomic E-state index is 0.233. The van der Waals surface area contributed by atoms with Crippen molar-refractivity contribution in [1.29, 1.82) is 0 Å². The molecular formula is C26H23ClN6O2. The van der Waals surface area contributed by atoms with Crippen molar-refractivity contribution in [1.82, 2.24) is 15.0 Å². The summed E-state index contributed by atoms with van der Waals surface area (Å²) in [6.45, 7) is 2.53.